The van der Waals surface area contributed by atoms with Crippen molar-refractivity contribution in [2.75, 3.05) is 4.90 Å². The Kier molecular flexibility index (Phi) is 6.97. The summed E-state index contributed by atoms with van der Waals surface area (Å²) >= 11 is 0. The van der Waals surface area contributed by atoms with Crippen LogP contribution in [-0.2, 0) is 21.6 Å². The fraction of sp³-hybridized carbons (Fsp3) is 0.282. The van der Waals surface area contributed by atoms with Crippen molar-refractivity contribution in [2.45, 2.75) is 50.5 Å². The fourth-order valence-electron chi connectivity index (χ4n) is 8.92. The zero-order valence-electron chi connectivity index (χ0n) is 25.8. The molecule has 4 bridgehead atoms. The maximum Gasteiger partial charge on any atom is 0.335 e. The van der Waals surface area contributed by atoms with Gasteiger partial charge in [-0.3, -0.25) is 14.9 Å². The Morgan fingerprint density at radius 2 is 1.51 bits per heavy atom. The van der Waals surface area contributed by atoms with Crippen LogP contribution in [0.25, 0.3) is 16.8 Å². The van der Waals surface area contributed by atoms with E-state index in [1.54, 1.807) is 18.2 Å². The summed E-state index contributed by atoms with van der Waals surface area (Å²) in [6.45, 7) is 0.134. The molecule has 5 aliphatic rings. The van der Waals surface area contributed by atoms with Gasteiger partial charge in [-0.15, -0.1) is 0 Å². The molecule has 5 fully saturated rings. The van der Waals surface area contributed by atoms with Crippen molar-refractivity contribution >= 4 is 46.4 Å². The number of rotatable bonds is 7. The van der Waals surface area contributed by atoms with E-state index in [0.29, 0.717) is 17.0 Å². The van der Waals surface area contributed by atoms with Gasteiger partial charge in [-0.05, 0) is 120 Å². The Bertz CT molecular complexity index is 1940. The van der Waals surface area contributed by atoms with Gasteiger partial charge in [0.2, 0.25) is 0 Å². The number of hydrogen-bond donors (Lipinski definition) is 2. The highest BCUT2D eigenvalue weighted by atomic mass is 16.5. The van der Waals surface area contributed by atoms with E-state index in [1.165, 1.54) is 62.3 Å². The second-order valence-electron chi connectivity index (χ2n) is 13.7. The first-order chi connectivity index (χ1) is 22.8. The number of hydrogen-bond acceptors (Lipinski definition) is 5. The minimum Gasteiger partial charge on any atom is -0.488 e. The van der Waals surface area contributed by atoms with Gasteiger partial charge in [-0.1, -0.05) is 54.6 Å². The molecular weight excluding hydrogens is 592 g/mol. The summed E-state index contributed by atoms with van der Waals surface area (Å²) in [6, 6.07) is 24.7. The monoisotopic (exact) mass is 626 g/mol. The quantitative estimate of drug-likeness (QED) is 0.165. The third-order valence-electron chi connectivity index (χ3n) is 10.7. The summed E-state index contributed by atoms with van der Waals surface area (Å²) in [4.78, 5) is 52.5. The van der Waals surface area contributed by atoms with E-state index in [1.807, 2.05) is 42.5 Å². The summed E-state index contributed by atoms with van der Waals surface area (Å²) in [5.74, 6) is 0.345. The van der Waals surface area contributed by atoms with E-state index in [0.717, 1.165) is 39.0 Å². The SMILES string of the molecule is O=C1NC(=O)N(c2ccc(C34CC5CC(CC(C5)C3)C4)cc2)C(=O)/C1=C/c1c(OCc2ccc(C(=O)O)cc2)ccc2ccccc12. The number of anilines is 1. The number of fused-ring (bicyclic) bond motifs is 1. The zero-order chi connectivity index (χ0) is 32.3. The van der Waals surface area contributed by atoms with E-state index in [-0.39, 0.29) is 23.2 Å². The molecule has 8 nitrogen and oxygen atoms in total. The molecule has 4 aromatic carbocycles. The Morgan fingerprint density at radius 1 is 0.851 bits per heavy atom. The molecule has 1 saturated heterocycles. The van der Waals surface area contributed by atoms with E-state index < -0.39 is 23.8 Å². The lowest BCUT2D eigenvalue weighted by molar-refractivity contribution is -0.122. The number of nitrogens with one attached hydrogen (secondary N) is 1. The number of carboxylic acids is 1. The lowest BCUT2D eigenvalue weighted by Gasteiger charge is -2.57. The van der Waals surface area contributed by atoms with Crippen molar-refractivity contribution in [3.8, 4) is 5.75 Å². The smallest absolute Gasteiger partial charge is 0.335 e. The Balaban J connectivity index is 1.10. The minimum atomic E-state index is -1.01. The van der Waals surface area contributed by atoms with Crippen LogP contribution in [0.1, 0.15) is 65.6 Å². The predicted octanol–water partition coefficient (Wildman–Crippen LogP) is 7.25. The predicted molar refractivity (Wildman–Crippen MR) is 177 cm³/mol. The molecule has 2 N–H and O–H groups in total. The molecular formula is C39H34N2O6. The summed E-state index contributed by atoms with van der Waals surface area (Å²) in [7, 11) is 0. The third-order valence-corrected chi connectivity index (χ3v) is 10.7. The van der Waals surface area contributed by atoms with Crippen LogP contribution in [-0.4, -0.2) is 28.9 Å². The van der Waals surface area contributed by atoms with Gasteiger partial charge in [-0.25, -0.2) is 14.5 Å². The highest BCUT2D eigenvalue weighted by Crippen LogP contribution is 2.60. The average Bonchev–Trinajstić information content (AvgIpc) is 3.05. The molecule has 9 rings (SSSR count). The molecule has 0 unspecified atom stereocenters. The molecule has 4 aliphatic carbocycles. The van der Waals surface area contributed by atoms with Crippen LogP contribution >= 0.6 is 0 Å². The standard InChI is InChI=1S/C39H34N2O6/c42-35-33(18-32-31-4-2-1-3-27(31)9-14-34(32)47-22-23-5-7-28(8-6-23)37(44)45)36(43)41(38(46)40-35)30-12-10-29(11-13-30)39-19-24-15-25(20-39)17-26(16-24)21-39/h1-14,18,24-26H,15-17,19-22H2,(H,44,45)(H,40,42,46)/b33-18+. The van der Waals surface area contributed by atoms with Crippen LogP contribution in [0.4, 0.5) is 10.5 Å². The van der Waals surface area contributed by atoms with Crippen molar-refractivity contribution in [1.82, 2.24) is 5.32 Å². The topological polar surface area (TPSA) is 113 Å². The average molecular weight is 627 g/mol. The van der Waals surface area contributed by atoms with Crippen LogP contribution in [0.15, 0.2) is 90.5 Å². The van der Waals surface area contributed by atoms with Crippen LogP contribution in [0.2, 0.25) is 0 Å². The van der Waals surface area contributed by atoms with Crippen LogP contribution in [0.3, 0.4) is 0 Å². The number of carbonyl (C=O) groups excluding carboxylic acids is 3. The molecule has 4 aromatic rings. The Labute approximate surface area is 272 Å². The van der Waals surface area contributed by atoms with Gasteiger partial charge in [0.25, 0.3) is 11.8 Å². The molecule has 4 saturated carbocycles. The summed E-state index contributed by atoms with van der Waals surface area (Å²) in [6.07, 6.45) is 9.20. The van der Waals surface area contributed by atoms with Crippen LogP contribution in [0, 0.1) is 17.8 Å². The summed E-state index contributed by atoms with van der Waals surface area (Å²) in [5.41, 5.74) is 3.16. The van der Waals surface area contributed by atoms with Crippen molar-refractivity contribution in [2.24, 2.45) is 17.8 Å². The lowest BCUT2D eigenvalue weighted by Crippen LogP contribution is -2.54. The Hall–Kier alpha value is -5.24. The van der Waals surface area contributed by atoms with E-state index in [4.69, 9.17) is 4.74 Å². The normalized spacial score (nSPS) is 25.8. The highest BCUT2D eigenvalue weighted by molar-refractivity contribution is 6.39. The van der Waals surface area contributed by atoms with Gasteiger partial charge in [0.15, 0.2) is 0 Å². The van der Waals surface area contributed by atoms with Gasteiger partial charge >= 0.3 is 12.0 Å². The maximum atomic E-state index is 14.0. The number of imide groups is 2. The van der Waals surface area contributed by atoms with Crippen LogP contribution < -0.4 is 15.0 Å². The number of amides is 4. The first kappa shape index (κ1) is 29.2. The zero-order valence-corrected chi connectivity index (χ0v) is 25.8. The molecule has 236 valence electrons. The first-order valence-corrected chi connectivity index (χ1v) is 16.3. The summed E-state index contributed by atoms with van der Waals surface area (Å²) < 4.78 is 6.17. The second kappa shape index (κ2) is 11.2. The van der Waals surface area contributed by atoms with E-state index >= 15 is 0 Å². The van der Waals surface area contributed by atoms with Gasteiger partial charge in [-0.2, -0.15) is 0 Å². The van der Waals surface area contributed by atoms with Crippen molar-refractivity contribution < 1.29 is 29.0 Å². The van der Waals surface area contributed by atoms with Gasteiger partial charge < -0.3 is 9.84 Å². The minimum absolute atomic E-state index is 0.134. The van der Waals surface area contributed by atoms with E-state index in [2.05, 4.69) is 17.4 Å². The maximum absolute atomic E-state index is 14.0. The second-order valence-corrected chi connectivity index (χ2v) is 13.7. The molecule has 47 heavy (non-hydrogen) atoms. The van der Waals surface area contributed by atoms with Crippen molar-refractivity contribution in [3.05, 3.63) is 113 Å². The molecule has 0 atom stereocenters. The largest absolute Gasteiger partial charge is 0.488 e. The molecule has 4 amide bonds. The molecule has 0 radical (unpaired) electrons. The number of aromatic carboxylic acids is 1. The van der Waals surface area contributed by atoms with Crippen LogP contribution in [0.5, 0.6) is 5.75 Å². The third kappa shape index (κ3) is 5.18. The molecule has 0 aromatic heterocycles. The molecule has 1 heterocycles. The number of carboxylic acid groups (broad SMARTS) is 1. The van der Waals surface area contributed by atoms with Crippen molar-refractivity contribution in [1.29, 1.82) is 0 Å². The Morgan fingerprint density at radius 3 is 2.17 bits per heavy atom. The molecule has 0 spiro atoms. The van der Waals surface area contributed by atoms with Gasteiger partial charge in [0.05, 0.1) is 11.3 Å². The highest BCUT2D eigenvalue weighted by Gasteiger charge is 2.51. The van der Waals surface area contributed by atoms with Gasteiger partial charge in [0, 0.05) is 5.56 Å². The number of nitrogens with zero attached hydrogens (tertiary/aromatic N) is 1. The van der Waals surface area contributed by atoms with E-state index in [9.17, 15) is 24.3 Å². The number of barbiturate groups is 1. The lowest BCUT2D eigenvalue weighted by atomic mass is 9.48. The summed E-state index contributed by atoms with van der Waals surface area (Å²) in [5, 5.41) is 13.2. The molecule has 1 aliphatic heterocycles. The number of ether oxygens (including phenoxy) is 1. The fourth-order valence-corrected chi connectivity index (χ4v) is 8.92. The number of benzene rings is 4. The number of carbonyl (C=O) groups is 4. The van der Waals surface area contributed by atoms with Crippen molar-refractivity contribution in [3.63, 3.8) is 0 Å². The van der Waals surface area contributed by atoms with Gasteiger partial charge in [0.1, 0.15) is 17.9 Å². The molecule has 8 heteroatoms. The number of urea groups is 1. The first-order valence-electron chi connectivity index (χ1n) is 16.3.